The van der Waals surface area contributed by atoms with Crippen LogP contribution in [-0.4, -0.2) is 228 Å². The van der Waals surface area contributed by atoms with Crippen molar-refractivity contribution in [1.82, 2.24) is 0 Å². The Morgan fingerprint density at radius 1 is 0.444 bits per heavy atom. The van der Waals surface area contributed by atoms with E-state index in [1.165, 1.54) is 0 Å². The second-order valence-corrected chi connectivity index (χ2v) is 13.9. The molecule has 0 spiro atoms. The van der Waals surface area contributed by atoms with Crippen molar-refractivity contribution in [2.24, 2.45) is 5.11 Å². The Morgan fingerprint density at radius 3 is 1.30 bits per heavy atom. The quantitative estimate of drug-likeness (QED) is 0.0468. The zero-order chi connectivity index (χ0) is 39.4. The Bertz CT molecular complexity index is 1220. The molecule has 0 aromatic carbocycles. The zero-order valence-electron chi connectivity index (χ0n) is 28.8. The second-order valence-electron chi connectivity index (χ2n) is 13.9. The van der Waals surface area contributed by atoms with Crippen molar-refractivity contribution < 1.29 is 104 Å². The second kappa shape index (κ2) is 19.3. The molecule has 0 aromatic heterocycles. The van der Waals surface area contributed by atoms with Crippen LogP contribution in [0.4, 0.5) is 0 Å². The summed E-state index contributed by atoms with van der Waals surface area (Å²) < 4.78 is 45.8. The lowest BCUT2D eigenvalue weighted by atomic mass is 9.93. The standard InChI is InChI=1S/C30H51N3O21/c31-33-32-9-1-3-10(4-2-9)47-28-23(46)24(18(41)14(8-37)49-28)52-29-26(21(44)17(40)12(6-35)50-29)54-30-25(20(43)16(39)13(7-36)51-30)53-27-22(45)19(42)15(38)11(5-34)48-27/h9-30,34-46H,1-8H2/t9?,10?,11-,12-,13-,14?,15+,16+,17+,18+,19?,20?,21?,22?,23?,24-,25?,26?,27+,28+,29+,30+/m0/s1. The van der Waals surface area contributed by atoms with Crippen LogP contribution in [0.1, 0.15) is 25.7 Å². The normalized spacial score (nSPS) is 50.3. The first kappa shape index (κ1) is 43.6. The smallest absolute Gasteiger partial charge is 0.187 e. The number of nitrogens with zero attached hydrogens (tertiary/aromatic N) is 3. The van der Waals surface area contributed by atoms with Gasteiger partial charge in [0.2, 0.25) is 0 Å². The third-order valence-electron chi connectivity index (χ3n) is 10.4. The van der Waals surface area contributed by atoms with Crippen LogP contribution in [-0.2, 0) is 37.9 Å². The average molecular weight is 790 g/mol. The average Bonchev–Trinajstić information content (AvgIpc) is 3.17. The van der Waals surface area contributed by atoms with Crippen molar-refractivity contribution in [3.05, 3.63) is 10.4 Å². The van der Waals surface area contributed by atoms with Gasteiger partial charge in [-0.2, -0.15) is 0 Å². The fraction of sp³-hybridized carbons (Fsp3) is 1.00. The van der Waals surface area contributed by atoms with Crippen LogP contribution >= 0.6 is 0 Å². The van der Waals surface area contributed by atoms with E-state index in [-0.39, 0.29) is 6.04 Å². The maximum atomic E-state index is 11.4. The van der Waals surface area contributed by atoms with Gasteiger partial charge < -0.3 is 104 Å². The van der Waals surface area contributed by atoms with Crippen LogP contribution in [0.25, 0.3) is 10.4 Å². The molecule has 0 amide bonds. The summed E-state index contributed by atoms with van der Waals surface area (Å²) in [5.41, 5.74) is 8.74. The van der Waals surface area contributed by atoms with Gasteiger partial charge in [0, 0.05) is 11.0 Å². The maximum absolute atomic E-state index is 11.4. The van der Waals surface area contributed by atoms with Crippen LogP contribution in [0.3, 0.4) is 0 Å². The lowest BCUT2D eigenvalue weighted by Crippen LogP contribution is -2.68. The highest BCUT2D eigenvalue weighted by molar-refractivity contribution is 4.98. The van der Waals surface area contributed by atoms with Gasteiger partial charge in [0.05, 0.1) is 32.5 Å². The summed E-state index contributed by atoms with van der Waals surface area (Å²) in [7, 11) is 0. The Morgan fingerprint density at radius 2 is 0.833 bits per heavy atom. The number of aliphatic hydroxyl groups is 13. The SMILES string of the molecule is [N-]=[N+]=NC1CCC(O[C@@H]2OC(CO)[C@@H](O)[C@H](O[C@H]3O[C@@H](CO)[C@@H](O)C(O)C3O[C@H]3O[C@@H](CO)[C@@H](O)C(O)C3O[C@H]3O[C@@H](CO)[C@@H](O)C(O)C3O)C2O)CC1. The molecular formula is C30H51N3O21. The predicted molar refractivity (Wildman–Crippen MR) is 168 cm³/mol. The fourth-order valence-corrected chi connectivity index (χ4v) is 7.15. The summed E-state index contributed by atoms with van der Waals surface area (Å²) in [6.45, 7) is -3.41. The highest BCUT2D eigenvalue weighted by atomic mass is 16.8. The molecule has 5 rings (SSSR count). The molecule has 0 radical (unpaired) electrons. The van der Waals surface area contributed by atoms with Gasteiger partial charge in [-0.05, 0) is 31.2 Å². The van der Waals surface area contributed by atoms with Crippen LogP contribution in [0.5, 0.6) is 0 Å². The highest BCUT2D eigenvalue weighted by Gasteiger charge is 2.56. The van der Waals surface area contributed by atoms with Crippen molar-refractivity contribution in [2.45, 2.75) is 161 Å². The molecule has 24 nitrogen and oxygen atoms in total. The van der Waals surface area contributed by atoms with E-state index in [4.69, 9.17) is 43.4 Å². The number of rotatable bonds is 13. The van der Waals surface area contributed by atoms with E-state index in [2.05, 4.69) is 10.0 Å². The van der Waals surface area contributed by atoms with Gasteiger partial charge in [0.1, 0.15) is 97.7 Å². The lowest BCUT2D eigenvalue weighted by Gasteiger charge is -2.50. The van der Waals surface area contributed by atoms with E-state index < -0.39 is 155 Å². The van der Waals surface area contributed by atoms with Gasteiger partial charge in [-0.3, -0.25) is 0 Å². The minimum absolute atomic E-state index is 0.246. The van der Waals surface area contributed by atoms with Crippen molar-refractivity contribution in [3.63, 3.8) is 0 Å². The minimum atomic E-state index is -2.03. The van der Waals surface area contributed by atoms with E-state index in [0.717, 1.165) is 0 Å². The van der Waals surface area contributed by atoms with Gasteiger partial charge in [-0.15, -0.1) is 0 Å². The molecule has 54 heavy (non-hydrogen) atoms. The number of aliphatic hydroxyl groups excluding tert-OH is 13. The minimum Gasteiger partial charge on any atom is -0.394 e. The first-order valence-corrected chi connectivity index (χ1v) is 17.6. The Labute approximate surface area is 307 Å². The summed E-state index contributed by atoms with van der Waals surface area (Å²) in [4.78, 5) is 2.82. The Hall–Kier alpha value is -1.53. The van der Waals surface area contributed by atoms with Gasteiger partial charge in [-0.25, -0.2) is 0 Å². The van der Waals surface area contributed by atoms with Crippen LogP contribution in [0.2, 0.25) is 0 Å². The molecular weight excluding hydrogens is 738 g/mol. The van der Waals surface area contributed by atoms with E-state index in [1.807, 2.05) is 0 Å². The summed E-state index contributed by atoms with van der Waals surface area (Å²) >= 11 is 0. The predicted octanol–water partition coefficient (Wildman–Crippen LogP) is -7.10. The Balaban J connectivity index is 1.39. The summed E-state index contributed by atoms with van der Waals surface area (Å²) in [6.07, 6.45) is -34.7. The lowest BCUT2D eigenvalue weighted by molar-refractivity contribution is -0.404. The molecule has 1 saturated carbocycles. The van der Waals surface area contributed by atoms with Crippen molar-refractivity contribution in [2.75, 3.05) is 26.4 Å². The molecule has 1 aliphatic carbocycles. The molecule has 4 saturated heterocycles. The fourth-order valence-electron chi connectivity index (χ4n) is 7.15. The molecule has 13 N–H and O–H groups in total. The number of azide groups is 1. The van der Waals surface area contributed by atoms with E-state index in [1.54, 1.807) is 0 Å². The van der Waals surface area contributed by atoms with Gasteiger partial charge in [0.25, 0.3) is 0 Å². The molecule has 20 atom stereocenters. The molecule has 4 aliphatic heterocycles. The topological polar surface area (TPSA) is 386 Å². The molecule has 5 aliphatic rings. The first-order chi connectivity index (χ1) is 25.8. The van der Waals surface area contributed by atoms with Crippen LogP contribution < -0.4 is 0 Å². The summed E-state index contributed by atoms with van der Waals surface area (Å²) in [5, 5.41) is 140. The van der Waals surface area contributed by atoms with E-state index in [0.29, 0.717) is 25.7 Å². The zero-order valence-corrected chi connectivity index (χ0v) is 28.8. The number of ether oxygens (including phenoxy) is 8. The van der Waals surface area contributed by atoms with Gasteiger partial charge >= 0.3 is 0 Å². The highest BCUT2D eigenvalue weighted by Crippen LogP contribution is 2.36. The molecule has 312 valence electrons. The molecule has 4 heterocycles. The third kappa shape index (κ3) is 9.26. The monoisotopic (exact) mass is 789 g/mol. The number of hydrogen-bond acceptors (Lipinski definition) is 22. The third-order valence-corrected chi connectivity index (χ3v) is 10.4. The first-order valence-electron chi connectivity index (χ1n) is 17.6. The Kier molecular flexibility index (Phi) is 15.6. The van der Waals surface area contributed by atoms with Crippen molar-refractivity contribution in [1.29, 1.82) is 0 Å². The number of hydrogen-bond donors (Lipinski definition) is 13. The molecule has 5 fully saturated rings. The molecule has 0 bridgehead atoms. The van der Waals surface area contributed by atoms with Crippen molar-refractivity contribution >= 4 is 0 Å². The summed E-state index contributed by atoms with van der Waals surface area (Å²) in [5.74, 6) is 0. The van der Waals surface area contributed by atoms with Crippen LogP contribution in [0, 0.1) is 0 Å². The molecule has 24 heteroatoms. The van der Waals surface area contributed by atoms with E-state index in [9.17, 15) is 66.4 Å². The largest absolute Gasteiger partial charge is 0.394 e. The van der Waals surface area contributed by atoms with Crippen molar-refractivity contribution in [3.8, 4) is 0 Å². The van der Waals surface area contributed by atoms with Gasteiger partial charge in [-0.1, -0.05) is 5.11 Å². The van der Waals surface area contributed by atoms with E-state index >= 15 is 0 Å². The molecule has 8 unspecified atom stereocenters. The van der Waals surface area contributed by atoms with Crippen LogP contribution in [0.15, 0.2) is 5.11 Å². The molecule has 0 aromatic rings. The van der Waals surface area contributed by atoms with Gasteiger partial charge in [0.15, 0.2) is 25.2 Å². The maximum Gasteiger partial charge on any atom is 0.187 e. The summed E-state index contributed by atoms with van der Waals surface area (Å²) in [6, 6.07) is -0.246.